The summed E-state index contributed by atoms with van der Waals surface area (Å²) in [6, 6.07) is 0. The molecule has 0 aromatic rings. The molecule has 0 spiro atoms. The van der Waals surface area contributed by atoms with Gasteiger partial charge in [-0.2, -0.15) is 0 Å². The lowest BCUT2D eigenvalue weighted by Gasteiger charge is -2.43. The summed E-state index contributed by atoms with van der Waals surface area (Å²) in [5, 5.41) is 3.43. The second kappa shape index (κ2) is 10.1. The van der Waals surface area contributed by atoms with Crippen molar-refractivity contribution in [2.24, 2.45) is 17.0 Å². The van der Waals surface area contributed by atoms with Crippen molar-refractivity contribution in [3.8, 4) is 0 Å². The average molecular weight is 343 g/mol. The van der Waals surface area contributed by atoms with E-state index in [1.165, 1.54) is 13.8 Å². The zero-order valence-electron chi connectivity index (χ0n) is 14.5. The number of carbonyl (C=O) groups excluding carboxylic acids is 2. The van der Waals surface area contributed by atoms with Crippen LogP contribution in [0.4, 0.5) is 0 Å². The van der Waals surface area contributed by atoms with Crippen molar-refractivity contribution in [3.05, 3.63) is 10.4 Å². The summed E-state index contributed by atoms with van der Waals surface area (Å²) in [6.45, 7) is 7.29. The molecule has 1 aliphatic heterocycles. The Morgan fingerprint density at radius 2 is 1.92 bits per heavy atom. The van der Waals surface area contributed by atoms with Gasteiger partial charge in [-0.15, -0.1) is 0 Å². The van der Waals surface area contributed by atoms with Crippen molar-refractivity contribution in [3.63, 3.8) is 0 Å². The summed E-state index contributed by atoms with van der Waals surface area (Å²) in [5.74, 6) is -0.821. The highest BCUT2D eigenvalue weighted by atomic mass is 16.7. The van der Waals surface area contributed by atoms with Gasteiger partial charge < -0.3 is 18.9 Å². The van der Waals surface area contributed by atoms with Crippen LogP contribution < -0.4 is 0 Å². The molecule has 2 unspecified atom stereocenters. The zero-order valence-corrected chi connectivity index (χ0v) is 14.5. The number of carbonyl (C=O) groups is 2. The Morgan fingerprint density at radius 3 is 2.50 bits per heavy atom. The van der Waals surface area contributed by atoms with Crippen molar-refractivity contribution >= 4 is 11.9 Å². The van der Waals surface area contributed by atoms with E-state index in [-0.39, 0.29) is 30.5 Å². The Hall–Kier alpha value is -1.83. The standard InChI is InChI=1S/C15H25N3O6/c1-9-10(2)14(23-12(4)20)15(21-7-5-6-17-18-16)24-13(9)8-22-11(3)19/h9-10,13-15H,5-8H2,1-4H3/t9-,10+,13?,14?,15-/m1/s1. The fraction of sp³-hybridized carbons (Fsp3) is 0.867. The lowest BCUT2D eigenvalue weighted by Crippen LogP contribution is -2.53. The van der Waals surface area contributed by atoms with Crippen LogP contribution in [0, 0.1) is 11.8 Å². The zero-order chi connectivity index (χ0) is 18.1. The maximum absolute atomic E-state index is 11.4. The summed E-state index contributed by atoms with van der Waals surface area (Å²) in [6.07, 6.45) is -1.13. The molecule has 136 valence electrons. The highest BCUT2D eigenvalue weighted by Gasteiger charge is 2.44. The molecule has 0 radical (unpaired) electrons. The van der Waals surface area contributed by atoms with Gasteiger partial charge in [0, 0.05) is 31.2 Å². The van der Waals surface area contributed by atoms with E-state index in [4.69, 9.17) is 24.5 Å². The molecule has 5 atom stereocenters. The van der Waals surface area contributed by atoms with E-state index in [1.54, 1.807) is 0 Å². The van der Waals surface area contributed by atoms with Gasteiger partial charge in [0.15, 0.2) is 12.4 Å². The molecule has 1 heterocycles. The third-order valence-electron chi connectivity index (χ3n) is 4.01. The van der Waals surface area contributed by atoms with Crippen LogP contribution in [-0.4, -0.2) is 50.2 Å². The Morgan fingerprint density at radius 1 is 1.21 bits per heavy atom. The number of hydrogen-bond acceptors (Lipinski definition) is 7. The summed E-state index contributed by atoms with van der Waals surface area (Å²) < 4.78 is 21.9. The predicted molar refractivity (Wildman–Crippen MR) is 83.8 cm³/mol. The molecule has 1 fully saturated rings. The highest BCUT2D eigenvalue weighted by molar-refractivity contribution is 5.66. The minimum Gasteiger partial charge on any atom is -0.463 e. The van der Waals surface area contributed by atoms with Crippen molar-refractivity contribution in [2.75, 3.05) is 19.8 Å². The number of ether oxygens (including phenoxy) is 4. The Balaban J connectivity index is 2.71. The van der Waals surface area contributed by atoms with Gasteiger partial charge in [0.2, 0.25) is 0 Å². The third-order valence-corrected chi connectivity index (χ3v) is 4.01. The van der Waals surface area contributed by atoms with Crippen molar-refractivity contribution in [2.45, 2.75) is 52.6 Å². The van der Waals surface area contributed by atoms with Gasteiger partial charge in [-0.1, -0.05) is 19.0 Å². The largest absolute Gasteiger partial charge is 0.463 e. The number of azide groups is 1. The van der Waals surface area contributed by atoms with Crippen LogP contribution in [-0.2, 0) is 28.5 Å². The molecule has 0 aromatic carbocycles. The SMILES string of the molecule is CC(=O)OCC1O[C@@H](OCCCN=[N+]=[N-])C(OC(C)=O)[C@@H](C)[C@H]1C. The first-order chi connectivity index (χ1) is 11.4. The lowest BCUT2D eigenvalue weighted by atomic mass is 9.83. The van der Waals surface area contributed by atoms with E-state index < -0.39 is 18.4 Å². The van der Waals surface area contributed by atoms with E-state index in [1.807, 2.05) is 13.8 Å². The predicted octanol–water partition coefficient (Wildman–Crippen LogP) is 2.20. The summed E-state index contributed by atoms with van der Waals surface area (Å²) in [7, 11) is 0. The summed E-state index contributed by atoms with van der Waals surface area (Å²) >= 11 is 0. The molecular weight excluding hydrogens is 318 g/mol. The van der Waals surface area contributed by atoms with Gasteiger partial charge in [0.1, 0.15) is 6.61 Å². The van der Waals surface area contributed by atoms with Crippen LogP contribution in [0.25, 0.3) is 10.4 Å². The fourth-order valence-electron chi connectivity index (χ4n) is 2.52. The van der Waals surface area contributed by atoms with Crippen LogP contribution in [0.3, 0.4) is 0 Å². The van der Waals surface area contributed by atoms with Gasteiger partial charge in [0.25, 0.3) is 0 Å². The van der Waals surface area contributed by atoms with E-state index in [2.05, 4.69) is 10.0 Å². The molecule has 24 heavy (non-hydrogen) atoms. The maximum Gasteiger partial charge on any atom is 0.303 e. The van der Waals surface area contributed by atoms with Crippen molar-refractivity contribution < 1.29 is 28.5 Å². The molecule has 0 aromatic heterocycles. The molecular formula is C15H25N3O6. The van der Waals surface area contributed by atoms with E-state index in [9.17, 15) is 9.59 Å². The van der Waals surface area contributed by atoms with Gasteiger partial charge in [-0.3, -0.25) is 9.59 Å². The monoisotopic (exact) mass is 343 g/mol. The summed E-state index contributed by atoms with van der Waals surface area (Å²) in [4.78, 5) is 25.1. The third kappa shape index (κ3) is 6.35. The van der Waals surface area contributed by atoms with Crippen LogP contribution in [0.15, 0.2) is 5.11 Å². The molecule has 0 bridgehead atoms. The lowest BCUT2D eigenvalue weighted by molar-refractivity contribution is -0.280. The first-order valence-corrected chi connectivity index (χ1v) is 7.95. The second-order valence-corrected chi connectivity index (χ2v) is 5.82. The minimum absolute atomic E-state index is 0.0109. The molecule has 1 aliphatic rings. The number of esters is 2. The quantitative estimate of drug-likeness (QED) is 0.219. The van der Waals surface area contributed by atoms with Gasteiger partial charge in [0.05, 0.1) is 12.7 Å². The Kier molecular flexibility index (Phi) is 8.53. The number of hydrogen-bond donors (Lipinski definition) is 0. The van der Waals surface area contributed by atoms with Crippen LogP contribution >= 0.6 is 0 Å². The van der Waals surface area contributed by atoms with Gasteiger partial charge in [-0.25, -0.2) is 0 Å². The van der Waals surface area contributed by atoms with Crippen molar-refractivity contribution in [1.29, 1.82) is 0 Å². The van der Waals surface area contributed by atoms with Gasteiger partial charge >= 0.3 is 11.9 Å². The molecule has 0 amide bonds. The summed E-state index contributed by atoms with van der Waals surface area (Å²) in [5.41, 5.74) is 8.25. The first kappa shape index (κ1) is 20.2. The fourth-order valence-corrected chi connectivity index (χ4v) is 2.52. The van der Waals surface area contributed by atoms with E-state index >= 15 is 0 Å². The van der Waals surface area contributed by atoms with Crippen LogP contribution in [0.1, 0.15) is 34.1 Å². The first-order valence-electron chi connectivity index (χ1n) is 7.95. The molecule has 9 nitrogen and oxygen atoms in total. The number of rotatable bonds is 8. The molecule has 1 saturated heterocycles. The van der Waals surface area contributed by atoms with E-state index in [0.717, 1.165) is 0 Å². The number of nitrogens with zero attached hydrogens (tertiary/aromatic N) is 3. The van der Waals surface area contributed by atoms with Crippen LogP contribution in [0.5, 0.6) is 0 Å². The Labute approximate surface area is 141 Å². The van der Waals surface area contributed by atoms with E-state index in [0.29, 0.717) is 19.6 Å². The molecule has 0 aliphatic carbocycles. The van der Waals surface area contributed by atoms with Crippen molar-refractivity contribution in [1.82, 2.24) is 0 Å². The van der Waals surface area contributed by atoms with Gasteiger partial charge in [-0.05, 0) is 17.9 Å². The topological polar surface area (TPSA) is 120 Å². The smallest absolute Gasteiger partial charge is 0.303 e. The average Bonchev–Trinajstić information content (AvgIpc) is 2.51. The minimum atomic E-state index is -0.758. The molecule has 0 N–H and O–H groups in total. The molecule has 9 heteroatoms. The molecule has 1 rings (SSSR count). The maximum atomic E-state index is 11.4. The second-order valence-electron chi connectivity index (χ2n) is 5.82. The highest BCUT2D eigenvalue weighted by Crippen LogP contribution is 2.33. The normalized spacial score (nSPS) is 29.4. The van der Waals surface area contributed by atoms with Crippen LogP contribution in [0.2, 0.25) is 0 Å². The molecule has 0 saturated carbocycles. The Bertz CT molecular complexity index is 478.